The Balaban J connectivity index is 1.57. The van der Waals surface area contributed by atoms with Crippen LogP contribution in [0.5, 0.6) is 0 Å². The highest BCUT2D eigenvalue weighted by Gasteiger charge is 2.42. The predicted octanol–water partition coefficient (Wildman–Crippen LogP) is 2.10. The van der Waals surface area contributed by atoms with E-state index in [0.717, 1.165) is 51.9 Å². The van der Waals surface area contributed by atoms with E-state index >= 15 is 0 Å². The van der Waals surface area contributed by atoms with Gasteiger partial charge in [-0.25, -0.2) is 0 Å². The first kappa shape index (κ1) is 16.7. The van der Waals surface area contributed by atoms with Crippen molar-refractivity contribution in [2.24, 2.45) is 11.3 Å². The van der Waals surface area contributed by atoms with E-state index in [-0.39, 0.29) is 23.3 Å². The Morgan fingerprint density at radius 3 is 2.43 bits per heavy atom. The molecule has 3 rings (SSSR count). The van der Waals surface area contributed by atoms with Crippen LogP contribution in [0.3, 0.4) is 0 Å². The zero-order chi connectivity index (χ0) is 16.4. The number of carbonyl (C=O) groups is 2. The Morgan fingerprint density at radius 1 is 1.13 bits per heavy atom. The van der Waals surface area contributed by atoms with Crippen molar-refractivity contribution in [1.82, 2.24) is 10.2 Å². The second kappa shape index (κ2) is 6.80. The van der Waals surface area contributed by atoms with Gasteiger partial charge in [0.15, 0.2) is 0 Å². The molecule has 1 atom stereocenters. The van der Waals surface area contributed by atoms with E-state index < -0.39 is 0 Å². The highest BCUT2D eigenvalue weighted by atomic mass is 16.5. The van der Waals surface area contributed by atoms with E-state index in [0.29, 0.717) is 12.0 Å². The molecule has 0 bridgehead atoms. The van der Waals surface area contributed by atoms with Crippen LogP contribution in [-0.4, -0.2) is 48.6 Å². The summed E-state index contributed by atoms with van der Waals surface area (Å²) < 4.78 is 5.38. The van der Waals surface area contributed by atoms with E-state index in [1.165, 1.54) is 12.8 Å². The van der Waals surface area contributed by atoms with Gasteiger partial charge >= 0.3 is 0 Å². The van der Waals surface area contributed by atoms with Crippen LogP contribution in [-0.2, 0) is 14.3 Å². The van der Waals surface area contributed by atoms with Crippen molar-refractivity contribution in [1.29, 1.82) is 0 Å². The second-order valence-electron chi connectivity index (χ2n) is 7.89. The van der Waals surface area contributed by atoms with Crippen molar-refractivity contribution >= 4 is 11.8 Å². The van der Waals surface area contributed by atoms with Gasteiger partial charge in [-0.2, -0.15) is 0 Å². The molecule has 1 aliphatic carbocycles. The number of likely N-dealkylation sites (tertiary alicyclic amines) is 1. The molecule has 1 N–H and O–H groups in total. The van der Waals surface area contributed by atoms with Crippen molar-refractivity contribution < 1.29 is 14.3 Å². The van der Waals surface area contributed by atoms with Gasteiger partial charge in [-0.15, -0.1) is 0 Å². The molecule has 0 radical (unpaired) electrons. The molecule has 1 unspecified atom stereocenters. The second-order valence-corrected chi connectivity index (χ2v) is 7.89. The summed E-state index contributed by atoms with van der Waals surface area (Å²) in [5, 5.41) is 3.05. The van der Waals surface area contributed by atoms with E-state index in [1.54, 1.807) is 0 Å². The number of carbonyl (C=O) groups excluding carboxylic acids is 2. The van der Waals surface area contributed by atoms with E-state index in [1.807, 2.05) is 18.7 Å². The van der Waals surface area contributed by atoms with Crippen molar-refractivity contribution in [2.75, 3.05) is 19.8 Å². The third-order valence-electron chi connectivity index (χ3n) is 6.14. The molecule has 0 aromatic carbocycles. The lowest BCUT2D eigenvalue weighted by Gasteiger charge is -2.32. The lowest BCUT2D eigenvalue weighted by atomic mass is 9.77. The monoisotopic (exact) mass is 322 g/mol. The molecule has 3 fully saturated rings. The van der Waals surface area contributed by atoms with Crippen LogP contribution in [0.25, 0.3) is 0 Å². The number of nitrogens with one attached hydrogen (secondary N) is 1. The highest BCUT2D eigenvalue weighted by molar-refractivity contribution is 5.91. The van der Waals surface area contributed by atoms with Crippen LogP contribution in [0.4, 0.5) is 0 Å². The van der Waals surface area contributed by atoms with Crippen LogP contribution in [0, 0.1) is 11.3 Å². The van der Waals surface area contributed by atoms with Crippen LogP contribution >= 0.6 is 0 Å². The van der Waals surface area contributed by atoms with Crippen LogP contribution in [0.1, 0.15) is 58.8 Å². The fourth-order valence-electron chi connectivity index (χ4n) is 4.37. The molecule has 23 heavy (non-hydrogen) atoms. The first-order chi connectivity index (χ1) is 11.0. The Kier molecular flexibility index (Phi) is 4.95. The van der Waals surface area contributed by atoms with Crippen molar-refractivity contribution in [3.63, 3.8) is 0 Å². The molecule has 3 aliphatic rings. The predicted molar refractivity (Wildman–Crippen MR) is 87.8 cm³/mol. The molecule has 0 spiro atoms. The number of rotatable bonds is 4. The minimum Gasteiger partial charge on any atom is -0.381 e. The van der Waals surface area contributed by atoms with Gasteiger partial charge in [-0.3, -0.25) is 9.59 Å². The first-order valence-electron chi connectivity index (χ1n) is 9.19. The summed E-state index contributed by atoms with van der Waals surface area (Å²) >= 11 is 0. The Hall–Kier alpha value is -1.10. The van der Waals surface area contributed by atoms with Crippen LogP contribution < -0.4 is 5.32 Å². The molecule has 1 saturated carbocycles. The molecule has 0 aromatic heterocycles. The standard InChI is InChI=1S/C18H30N2O3/c1-18(2,13-5-3-4-6-13)17(22)19-15-7-10-20(16(15)21)14-8-11-23-12-9-14/h13-15H,3-12H2,1-2H3,(H,19,22). The number of hydrogen-bond acceptors (Lipinski definition) is 3. The minimum absolute atomic E-state index is 0.0524. The normalized spacial score (nSPS) is 27.7. The van der Waals surface area contributed by atoms with Gasteiger partial charge < -0.3 is 15.0 Å². The molecular formula is C18H30N2O3. The van der Waals surface area contributed by atoms with Crippen molar-refractivity contribution in [3.05, 3.63) is 0 Å². The molecule has 5 nitrogen and oxygen atoms in total. The molecule has 2 saturated heterocycles. The summed E-state index contributed by atoms with van der Waals surface area (Å²) in [5.74, 6) is 0.606. The number of ether oxygens (including phenoxy) is 1. The van der Waals surface area contributed by atoms with Crippen molar-refractivity contribution in [2.45, 2.75) is 70.9 Å². The molecular weight excluding hydrogens is 292 g/mol. The maximum absolute atomic E-state index is 12.7. The summed E-state index contributed by atoms with van der Waals surface area (Å²) in [4.78, 5) is 27.4. The van der Waals surface area contributed by atoms with Crippen LogP contribution in [0.15, 0.2) is 0 Å². The lowest BCUT2D eigenvalue weighted by molar-refractivity contribution is -0.139. The number of hydrogen-bond donors (Lipinski definition) is 1. The van der Waals surface area contributed by atoms with E-state index in [2.05, 4.69) is 5.32 Å². The summed E-state index contributed by atoms with van der Waals surface area (Å²) in [7, 11) is 0. The quantitative estimate of drug-likeness (QED) is 0.862. The minimum atomic E-state index is -0.372. The maximum Gasteiger partial charge on any atom is 0.245 e. The van der Waals surface area contributed by atoms with Gasteiger partial charge in [0.2, 0.25) is 11.8 Å². The fourth-order valence-corrected chi connectivity index (χ4v) is 4.37. The summed E-state index contributed by atoms with van der Waals surface area (Å²) in [6.07, 6.45) is 7.28. The first-order valence-corrected chi connectivity index (χ1v) is 9.19. The Bertz CT molecular complexity index is 451. The van der Waals surface area contributed by atoms with Gasteiger partial charge in [0, 0.05) is 31.2 Å². The summed E-state index contributed by atoms with van der Waals surface area (Å²) in [6, 6.07) is -0.0352. The maximum atomic E-state index is 12.7. The molecule has 2 heterocycles. The zero-order valence-corrected chi connectivity index (χ0v) is 14.5. The Labute approximate surface area is 139 Å². The summed E-state index contributed by atoms with van der Waals surface area (Å²) in [5.41, 5.74) is -0.372. The van der Waals surface area contributed by atoms with Gasteiger partial charge in [0.25, 0.3) is 0 Å². The fraction of sp³-hybridized carbons (Fsp3) is 0.889. The van der Waals surface area contributed by atoms with Gasteiger partial charge in [0.05, 0.1) is 0 Å². The largest absolute Gasteiger partial charge is 0.381 e. The highest BCUT2D eigenvalue weighted by Crippen LogP contribution is 2.40. The Morgan fingerprint density at radius 2 is 1.78 bits per heavy atom. The third kappa shape index (κ3) is 3.39. The average Bonchev–Trinajstić information content (AvgIpc) is 3.19. The third-order valence-corrected chi connectivity index (χ3v) is 6.14. The molecule has 0 aromatic rings. The molecule has 2 aliphatic heterocycles. The van der Waals surface area contributed by atoms with Gasteiger partial charge in [-0.05, 0) is 38.0 Å². The number of nitrogens with zero attached hydrogens (tertiary/aromatic N) is 1. The summed E-state index contributed by atoms with van der Waals surface area (Å²) in [6.45, 7) is 6.31. The zero-order valence-electron chi connectivity index (χ0n) is 14.5. The topological polar surface area (TPSA) is 58.6 Å². The molecule has 2 amide bonds. The van der Waals surface area contributed by atoms with E-state index in [4.69, 9.17) is 4.74 Å². The average molecular weight is 322 g/mol. The molecule has 130 valence electrons. The SMILES string of the molecule is CC(C)(C(=O)NC1CCN(C2CCOCC2)C1=O)C1CCCC1. The van der Waals surface area contributed by atoms with Gasteiger partial charge in [-0.1, -0.05) is 26.7 Å². The smallest absolute Gasteiger partial charge is 0.245 e. The molecule has 5 heteroatoms. The number of amides is 2. The van der Waals surface area contributed by atoms with Crippen LogP contribution in [0.2, 0.25) is 0 Å². The van der Waals surface area contributed by atoms with Crippen molar-refractivity contribution in [3.8, 4) is 0 Å². The lowest BCUT2D eigenvalue weighted by Crippen LogP contribution is -2.50. The van der Waals surface area contributed by atoms with E-state index in [9.17, 15) is 9.59 Å². The van der Waals surface area contributed by atoms with Gasteiger partial charge in [0.1, 0.15) is 6.04 Å².